The maximum Gasteiger partial charge on any atom is 0.280 e. The minimum atomic E-state index is -0.639. The Morgan fingerprint density at radius 1 is 1.30 bits per heavy atom. The molecule has 0 aliphatic rings. The van der Waals surface area contributed by atoms with Gasteiger partial charge < -0.3 is 4.74 Å². The van der Waals surface area contributed by atoms with E-state index in [1.165, 1.54) is 4.90 Å². The van der Waals surface area contributed by atoms with Crippen LogP contribution in [-0.4, -0.2) is 24.5 Å². The van der Waals surface area contributed by atoms with Gasteiger partial charge in [-0.1, -0.05) is 34.1 Å². The van der Waals surface area contributed by atoms with Gasteiger partial charge in [-0.2, -0.15) is 5.10 Å². The Bertz CT molecular complexity index is 689. The van der Waals surface area contributed by atoms with Crippen molar-refractivity contribution in [3.05, 3.63) is 58.6 Å². The number of hydrogen-bond acceptors (Lipinski definition) is 4. The number of carbonyl (C=O) groups excluding carboxylic acids is 1. The summed E-state index contributed by atoms with van der Waals surface area (Å²) in [6.45, 7) is 1.68. The zero-order valence-corrected chi connectivity index (χ0v) is 15.2. The Morgan fingerprint density at radius 2 is 2.04 bits per heavy atom. The van der Waals surface area contributed by atoms with Crippen molar-refractivity contribution in [1.82, 2.24) is 5.43 Å². The molecule has 0 unspecified atom stereocenters. The third-order valence-electron chi connectivity index (χ3n) is 2.98. The fraction of sp³-hybridized carbons (Fsp3) is 0.176. The highest BCUT2D eigenvalue weighted by Crippen LogP contribution is 2.18. The Labute approximate surface area is 148 Å². The van der Waals surface area contributed by atoms with Crippen LogP contribution < -0.4 is 10.2 Å². The number of ether oxygens (including phenoxy) is 1. The van der Waals surface area contributed by atoms with Crippen LogP contribution in [0.15, 0.2) is 63.0 Å². The van der Waals surface area contributed by atoms with E-state index in [4.69, 9.17) is 4.74 Å². The third kappa shape index (κ3) is 5.73. The lowest BCUT2D eigenvalue weighted by atomic mass is 10.2. The quantitative estimate of drug-likeness (QED) is 0.457. The van der Waals surface area contributed by atoms with Gasteiger partial charge in [0, 0.05) is 9.37 Å². The number of amides is 1. The molecule has 0 spiro atoms. The standard InChI is InChI=1S/C17H17BrN2O2S/c1-12(22-15-5-3-4-14(18)10-15)17(21)20-19-11-13-6-8-16(23-2)9-7-13/h3-12H,1-2H3,(H,20,21)/b19-11-/t12-/m0/s1. The minimum Gasteiger partial charge on any atom is -0.481 e. The average Bonchev–Trinajstić information content (AvgIpc) is 2.55. The van der Waals surface area contributed by atoms with E-state index in [2.05, 4.69) is 26.5 Å². The average molecular weight is 393 g/mol. The lowest BCUT2D eigenvalue weighted by Gasteiger charge is -2.12. The van der Waals surface area contributed by atoms with Crippen LogP contribution in [0.2, 0.25) is 0 Å². The molecule has 0 radical (unpaired) electrons. The van der Waals surface area contributed by atoms with E-state index in [0.29, 0.717) is 5.75 Å². The van der Waals surface area contributed by atoms with Gasteiger partial charge >= 0.3 is 0 Å². The molecule has 0 aliphatic carbocycles. The van der Waals surface area contributed by atoms with Crippen molar-refractivity contribution >= 4 is 39.8 Å². The first-order valence-electron chi connectivity index (χ1n) is 6.97. The maximum atomic E-state index is 12.0. The lowest BCUT2D eigenvalue weighted by molar-refractivity contribution is -0.127. The summed E-state index contributed by atoms with van der Waals surface area (Å²) in [5.41, 5.74) is 3.40. The molecule has 2 aromatic rings. The van der Waals surface area contributed by atoms with E-state index in [1.807, 2.05) is 42.7 Å². The summed E-state index contributed by atoms with van der Waals surface area (Å²) >= 11 is 5.04. The maximum absolute atomic E-state index is 12.0. The predicted octanol–water partition coefficient (Wildman–Crippen LogP) is 4.09. The zero-order valence-electron chi connectivity index (χ0n) is 12.8. The monoisotopic (exact) mass is 392 g/mol. The number of nitrogens with one attached hydrogen (secondary N) is 1. The van der Waals surface area contributed by atoms with Crippen LogP contribution >= 0.6 is 27.7 Å². The molecule has 0 fully saturated rings. The number of hydrazone groups is 1. The van der Waals surface area contributed by atoms with E-state index < -0.39 is 6.10 Å². The molecule has 4 nitrogen and oxygen atoms in total. The summed E-state index contributed by atoms with van der Waals surface area (Å²) in [5, 5.41) is 3.96. The fourth-order valence-electron chi connectivity index (χ4n) is 1.75. The predicted molar refractivity (Wildman–Crippen MR) is 98.2 cm³/mol. The van der Waals surface area contributed by atoms with Gasteiger partial charge in [-0.15, -0.1) is 11.8 Å². The molecule has 2 aromatic carbocycles. The van der Waals surface area contributed by atoms with Crippen LogP contribution in [0.1, 0.15) is 12.5 Å². The second-order valence-corrected chi connectivity index (χ2v) is 6.52. The summed E-state index contributed by atoms with van der Waals surface area (Å²) in [7, 11) is 0. The number of nitrogens with zero attached hydrogens (tertiary/aromatic N) is 1. The van der Waals surface area contributed by atoms with E-state index in [9.17, 15) is 4.79 Å². The Balaban J connectivity index is 1.86. The molecule has 2 rings (SSSR count). The van der Waals surface area contributed by atoms with E-state index in [0.717, 1.165) is 10.0 Å². The molecule has 120 valence electrons. The van der Waals surface area contributed by atoms with Crippen molar-refractivity contribution in [2.24, 2.45) is 5.10 Å². The minimum absolute atomic E-state index is 0.304. The van der Waals surface area contributed by atoms with Gasteiger partial charge in [0.2, 0.25) is 0 Å². The SMILES string of the molecule is CSc1ccc(/C=N\NC(=O)[C@H](C)Oc2cccc(Br)c2)cc1. The normalized spacial score (nSPS) is 12.1. The summed E-state index contributed by atoms with van der Waals surface area (Å²) in [4.78, 5) is 13.1. The number of thioether (sulfide) groups is 1. The topological polar surface area (TPSA) is 50.7 Å². The summed E-state index contributed by atoms with van der Waals surface area (Å²) in [5.74, 6) is 0.320. The molecular weight excluding hydrogens is 376 g/mol. The summed E-state index contributed by atoms with van der Waals surface area (Å²) in [6.07, 6.45) is 2.99. The van der Waals surface area contributed by atoms with Crippen molar-refractivity contribution in [3.63, 3.8) is 0 Å². The van der Waals surface area contributed by atoms with E-state index in [1.54, 1.807) is 37.0 Å². The van der Waals surface area contributed by atoms with Crippen LogP contribution in [0.3, 0.4) is 0 Å². The van der Waals surface area contributed by atoms with Gasteiger partial charge in [0.1, 0.15) is 5.75 Å². The number of carbonyl (C=O) groups is 1. The Hall–Kier alpha value is -1.79. The molecular formula is C17H17BrN2O2S. The molecule has 1 atom stereocenters. The van der Waals surface area contributed by atoms with Crippen LogP contribution in [-0.2, 0) is 4.79 Å². The van der Waals surface area contributed by atoms with Crippen LogP contribution in [0.25, 0.3) is 0 Å². The van der Waals surface area contributed by atoms with Crippen LogP contribution in [0.5, 0.6) is 5.75 Å². The van der Waals surface area contributed by atoms with Crippen molar-refractivity contribution in [3.8, 4) is 5.75 Å². The zero-order chi connectivity index (χ0) is 16.7. The highest BCUT2D eigenvalue weighted by molar-refractivity contribution is 9.10. The molecule has 0 aromatic heterocycles. The second kappa shape index (κ2) is 8.74. The second-order valence-electron chi connectivity index (χ2n) is 4.72. The first-order chi connectivity index (χ1) is 11.1. The van der Waals surface area contributed by atoms with E-state index in [-0.39, 0.29) is 5.91 Å². The van der Waals surface area contributed by atoms with Crippen LogP contribution in [0, 0.1) is 0 Å². The lowest BCUT2D eigenvalue weighted by Crippen LogP contribution is -2.33. The van der Waals surface area contributed by atoms with E-state index >= 15 is 0 Å². The molecule has 0 bridgehead atoms. The Kier molecular flexibility index (Phi) is 6.67. The first kappa shape index (κ1) is 17.6. The fourth-order valence-corrected chi connectivity index (χ4v) is 2.54. The number of benzene rings is 2. The van der Waals surface area contributed by atoms with Crippen molar-refractivity contribution in [1.29, 1.82) is 0 Å². The van der Waals surface area contributed by atoms with Crippen molar-refractivity contribution in [2.45, 2.75) is 17.9 Å². The molecule has 23 heavy (non-hydrogen) atoms. The molecule has 0 heterocycles. The molecule has 0 saturated carbocycles. The van der Waals surface area contributed by atoms with Gasteiger partial charge in [0.25, 0.3) is 5.91 Å². The number of halogens is 1. The third-order valence-corrected chi connectivity index (χ3v) is 4.22. The van der Waals surface area contributed by atoms with Gasteiger partial charge in [-0.3, -0.25) is 4.79 Å². The molecule has 1 N–H and O–H groups in total. The van der Waals surface area contributed by atoms with Gasteiger partial charge in [-0.25, -0.2) is 5.43 Å². The van der Waals surface area contributed by atoms with Gasteiger partial charge in [0.15, 0.2) is 6.10 Å². The summed E-state index contributed by atoms with van der Waals surface area (Å²) in [6, 6.07) is 15.3. The highest BCUT2D eigenvalue weighted by atomic mass is 79.9. The van der Waals surface area contributed by atoms with Crippen LogP contribution in [0.4, 0.5) is 0 Å². The highest BCUT2D eigenvalue weighted by Gasteiger charge is 2.13. The van der Waals surface area contributed by atoms with Gasteiger partial charge in [0.05, 0.1) is 6.21 Å². The van der Waals surface area contributed by atoms with Crippen molar-refractivity contribution in [2.75, 3.05) is 6.26 Å². The van der Waals surface area contributed by atoms with Crippen molar-refractivity contribution < 1.29 is 9.53 Å². The van der Waals surface area contributed by atoms with Gasteiger partial charge in [-0.05, 0) is 49.1 Å². The Morgan fingerprint density at radius 3 is 2.70 bits per heavy atom. The largest absolute Gasteiger partial charge is 0.481 e. The molecule has 0 aliphatic heterocycles. The smallest absolute Gasteiger partial charge is 0.280 e. The number of rotatable bonds is 6. The summed E-state index contributed by atoms with van der Waals surface area (Å²) < 4.78 is 6.47. The molecule has 6 heteroatoms. The molecule has 1 amide bonds. The number of hydrogen-bond donors (Lipinski definition) is 1. The first-order valence-corrected chi connectivity index (χ1v) is 8.99. The molecule has 0 saturated heterocycles.